The average Bonchev–Trinajstić information content (AvgIpc) is 2.35. The van der Waals surface area contributed by atoms with E-state index in [-0.39, 0.29) is 28.5 Å². The van der Waals surface area contributed by atoms with Crippen molar-refractivity contribution in [3.8, 4) is 0 Å². The lowest BCUT2D eigenvalue weighted by molar-refractivity contribution is -0.384. The topological polar surface area (TPSA) is 88.3 Å². The number of aliphatic hydroxyl groups excluding tert-OH is 1. The van der Waals surface area contributed by atoms with Gasteiger partial charge in [-0.2, -0.15) is 0 Å². The van der Waals surface area contributed by atoms with Crippen LogP contribution in [0, 0.1) is 15.5 Å². The SMILES string of the molecule is CC(C)(CCCO)CNc1ncc(Cl)cc1[N+](=O)[O-]. The van der Waals surface area contributed by atoms with Gasteiger partial charge in [0.15, 0.2) is 0 Å². The van der Waals surface area contributed by atoms with E-state index in [2.05, 4.69) is 10.3 Å². The summed E-state index contributed by atoms with van der Waals surface area (Å²) in [6, 6.07) is 1.28. The maximum absolute atomic E-state index is 10.9. The molecule has 0 atom stereocenters. The molecule has 0 radical (unpaired) electrons. The number of pyridine rings is 1. The van der Waals surface area contributed by atoms with E-state index in [1.165, 1.54) is 12.3 Å². The first-order chi connectivity index (χ1) is 8.85. The second-order valence-electron chi connectivity index (χ2n) is 5.12. The van der Waals surface area contributed by atoms with Crippen LogP contribution in [0.25, 0.3) is 0 Å². The Balaban J connectivity index is 2.75. The highest BCUT2D eigenvalue weighted by Crippen LogP contribution is 2.28. The molecule has 106 valence electrons. The molecule has 0 amide bonds. The highest BCUT2D eigenvalue weighted by molar-refractivity contribution is 6.30. The lowest BCUT2D eigenvalue weighted by Gasteiger charge is -2.24. The van der Waals surface area contributed by atoms with Crippen LogP contribution in [-0.4, -0.2) is 28.2 Å². The van der Waals surface area contributed by atoms with E-state index in [1.54, 1.807) is 0 Å². The lowest BCUT2D eigenvalue weighted by atomic mass is 9.88. The summed E-state index contributed by atoms with van der Waals surface area (Å²) < 4.78 is 0. The van der Waals surface area contributed by atoms with Crippen molar-refractivity contribution in [2.75, 3.05) is 18.5 Å². The summed E-state index contributed by atoms with van der Waals surface area (Å²) in [5.74, 6) is 0.214. The lowest BCUT2D eigenvalue weighted by Crippen LogP contribution is -2.24. The smallest absolute Gasteiger partial charge is 0.312 e. The fourth-order valence-corrected chi connectivity index (χ4v) is 1.83. The largest absolute Gasteiger partial charge is 0.396 e. The monoisotopic (exact) mass is 287 g/mol. The molecule has 0 aliphatic carbocycles. The van der Waals surface area contributed by atoms with Crippen molar-refractivity contribution >= 4 is 23.1 Å². The predicted octanol–water partition coefficient (Wildman–Crippen LogP) is 2.85. The molecule has 6 nitrogen and oxygen atoms in total. The summed E-state index contributed by atoms with van der Waals surface area (Å²) >= 11 is 5.70. The fraction of sp³-hybridized carbons (Fsp3) is 0.583. The summed E-state index contributed by atoms with van der Waals surface area (Å²) in [5.41, 5.74) is -0.219. The molecule has 0 aromatic carbocycles. The highest BCUT2D eigenvalue weighted by Gasteiger charge is 2.21. The minimum Gasteiger partial charge on any atom is -0.396 e. The quantitative estimate of drug-likeness (QED) is 0.594. The van der Waals surface area contributed by atoms with Crippen molar-refractivity contribution in [1.82, 2.24) is 4.98 Å². The van der Waals surface area contributed by atoms with Crippen molar-refractivity contribution in [1.29, 1.82) is 0 Å². The van der Waals surface area contributed by atoms with Gasteiger partial charge in [0.2, 0.25) is 5.82 Å². The number of nitro groups is 1. The number of hydrogen-bond acceptors (Lipinski definition) is 5. The van der Waals surface area contributed by atoms with Gasteiger partial charge in [0.05, 0.1) is 9.95 Å². The molecule has 0 fully saturated rings. The van der Waals surface area contributed by atoms with E-state index in [1.807, 2.05) is 13.8 Å². The number of hydrogen-bond donors (Lipinski definition) is 2. The third-order valence-electron chi connectivity index (χ3n) is 2.78. The molecular formula is C12H18ClN3O3. The second kappa shape index (κ2) is 6.68. The van der Waals surface area contributed by atoms with Crippen molar-refractivity contribution in [2.24, 2.45) is 5.41 Å². The Morgan fingerprint density at radius 3 is 2.84 bits per heavy atom. The number of nitrogens with zero attached hydrogens (tertiary/aromatic N) is 2. The van der Waals surface area contributed by atoms with Crippen LogP contribution in [0.4, 0.5) is 11.5 Å². The third kappa shape index (κ3) is 5.00. The van der Waals surface area contributed by atoms with Crippen LogP contribution in [0.15, 0.2) is 12.3 Å². The Kier molecular flexibility index (Phi) is 5.50. The molecule has 0 saturated carbocycles. The Morgan fingerprint density at radius 1 is 1.58 bits per heavy atom. The maximum atomic E-state index is 10.9. The van der Waals surface area contributed by atoms with Crippen LogP contribution in [0.2, 0.25) is 5.02 Å². The van der Waals surface area contributed by atoms with Crippen molar-refractivity contribution in [3.05, 3.63) is 27.4 Å². The summed E-state index contributed by atoms with van der Waals surface area (Å²) in [6.07, 6.45) is 2.89. The minimum absolute atomic E-state index is 0.0854. The average molecular weight is 288 g/mol. The molecule has 2 N–H and O–H groups in total. The predicted molar refractivity (Wildman–Crippen MR) is 74.5 cm³/mol. The molecular weight excluding hydrogens is 270 g/mol. The van der Waals surface area contributed by atoms with Crippen LogP contribution < -0.4 is 5.32 Å². The number of aliphatic hydroxyl groups is 1. The van der Waals surface area contributed by atoms with Gasteiger partial charge in [-0.15, -0.1) is 0 Å². The second-order valence-corrected chi connectivity index (χ2v) is 5.56. The van der Waals surface area contributed by atoms with Crippen molar-refractivity contribution < 1.29 is 10.0 Å². The molecule has 1 heterocycles. The molecule has 19 heavy (non-hydrogen) atoms. The standard InChI is InChI=1S/C12H18ClN3O3/c1-12(2,4-3-5-17)8-15-11-10(16(18)19)6-9(13)7-14-11/h6-7,17H,3-5,8H2,1-2H3,(H,14,15). The summed E-state index contributed by atoms with van der Waals surface area (Å²) in [7, 11) is 0. The third-order valence-corrected chi connectivity index (χ3v) is 2.98. The van der Waals surface area contributed by atoms with Gasteiger partial charge in [0, 0.05) is 25.4 Å². The molecule has 0 aliphatic heterocycles. The van der Waals surface area contributed by atoms with Crippen molar-refractivity contribution in [3.63, 3.8) is 0 Å². The fourth-order valence-electron chi connectivity index (χ4n) is 1.67. The number of aromatic nitrogens is 1. The highest BCUT2D eigenvalue weighted by atomic mass is 35.5. The Morgan fingerprint density at radius 2 is 2.26 bits per heavy atom. The summed E-state index contributed by atoms with van der Waals surface area (Å²) in [6.45, 7) is 4.72. The van der Waals surface area contributed by atoms with E-state index < -0.39 is 4.92 Å². The molecule has 1 rings (SSSR count). The summed E-state index contributed by atoms with van der Waals surface area (Å²) in [4.78, 5) is 14.3. The first-order valence-electron chi connectivity index (χ1n) is 6.00. The first-order valence-corrected chi connectivity index (χ1v) is 6.38. The van der Waals surface area contributed by atoms with E-state index in [4.69, 9.17) is 16.7 Å². The number of rotatable bonds is 7. The molecule has 7 heteroatoms. The van der Waals surface area contributed by atoms with Crippen molar-refractivity contribution in [2.45, 2.75) is 26.7 Å². The first kappa shape index (κ1) is 15.7. The Hall–Kier alpha value is -1.40. The minimum atomic E-state index is -0.512. The van der Waals surface area contributed by atoms with Crippen LogP contribution in [0.1, 0.15) is 26.7 Å². The Labute approximate surface area is 117 Å². The molecule has 0 bridgehead atoms. The zero-order valence-electron chi connectivity index (χ0n) is 11.0. The molecule has 0 aliphatic rings. The number of halogens is 1. The van der Waals surface area contributed by atoms with E-state index in [0.717, 1.165) is 6.42 Å². The molecule has 0 unspecified atom stereocenters. The molecule has 0 spiro atoms. The number of anilines is 1. The van der Waals surface area contributed by atoms with Gasteiger partial charge in [-0.1, -0.05) is 25.4 Å². The van der Waals surface area contributed by atoms with Gasteiger partial charge in [-0.3, -0.25) is 10.1 Å². The van der Waals surface area contributed by atoms with E-state index >= 15 is 0 Å². The molecule has 1 aromatic heterocycles. The van der Waals surface area contributed by atoms with Gasteiger partial charge in [-0.05, 0) is 18.3 Å². The van der Waals surface area contributed by atoms with Crippen LogP contribution in [0.5, 0.6) is 0 Å². The van der Waals surface area contributed by atoms with Crippen LogP contribution >= 0.6 is 11.6 Å². The number of nitrogens with one attached hydrogen (secondary N) is 1. The normalized spacial score (nSPS) is 11.4. The van der Waals surface area contributed by atoms with Gasteiger partial charge in [0.25, 0.3) is 0 Å². The maximum Gasteiger partial charge on any atom is 0.312 e. The van der Waals surface area contributed by atoms with Crippen LogP contribution in [-0.2, 0) is 0 Å². The van der Waals surface area contributed by atoms with Gasteiger partial charge >= 0.3 is 5.69 Å². The van der Waals surface area contributed by atoms with E-state index in [0.29, 0.717) is 13.0 Å². The zero-order valence-corrected chi connectivity index (χ0v) is 11.8. The molecule has 1 aromatic rings. The zero-order chi connectivity index (χ0) is 14.5. The van der Waals surface area contributed by atoms with Gasteiger partial charge in [0.1, 0.15) is 0 Å². The van der Waals surface area contributed by atoms with Crippen LogP contribution in [0.3, 0.4) is 0 Å². The Bertz CT molecular complexity index is 452. The molecule has 0 saturated heterocycles. The van der Waals surface area contributed by atoms with E-state index in [9.17, 15) is 10.1 Å². The summed E-state index contributed by atoms with van der Waals surface area (Å²) in [5, 5.41) is 22.9. The van der Waals surface area contributed by atoms with Gasteiger partial charge < -0.3 is 10.4 Å². The van der Waals surface area contributed by atoms with Gasteiger partial charge in [-0.25, -0.2) is 4.98 Å².